The third kappa shape index (κ3) is 2.06. The minimum Gasteiger partial charge on any atom is -0.476 e. The molecule has 0 saturated carbocycles. The lowest BCUT2D eigenvalue weighted by Gasteiger charge is -2.09. The Hall–Kier alpha value is -2.48. The molecule has 17 heavy (non-hydrogen) atoms. The molecule has 0 aliphatic rings. The van der Waals surface area contributed by atoms with Crippen molar-refractivity contribution in [3.8, 4) is 17.8 Å². The van der Waals surface area contributed by atoms with Gasteiger partial charge in [-0.2, -0.15) is 10.2 Å². The maximum atomic E-state index is 8.94. The van der Waals surface area contributed by atoms with Crippen LogP contribution in [-0.4, -0.2) is 16.2 Å². The summed E-state index contributed by atoms with van der Waals surface area (Å²) in [6.45, 7) is 2.36. The van der Waals surface area contributed by atoms with Gasteiger partial charge in [0.15, 0.2) is 0 Å². The van der Waals surface area contributed by atoms with Crippen molar-refractivity contribution in [2.45, 2.75) is 6.92 Å². The summed E-state index contributed by atoms with van der Waals surface area (Å²) < 4.78 is 7.00. The first-order valence-electron chi connectivity index (χ1n) is 5.23. The van der Waals surface area contributed by atoms with Gasteiger partial charge < -0.3 is 10.5 Å². The van der Waals surface area contributed by atoms with E-state index in [-0.39, 0.29) is 0 Å². The molecule has 2 aromatic rings. The first-order chi connectivity index (χ1) is 8.26. The molecule has 0 unspecified atom stereocenters. The second-order valence-electron chi connectivity index (χ2n) is 3.37. The molecule has 0 atom stereocenters. The van der Waals surface area contributed by atoms with Crippen LogP contribution < -0.4 is 10.5 Å². The maximum absolute atomic E-state index is 8.94. The van der Waals surface area contributed by atoms with Gasteiger partial charge in [0.1, 0.15) is 17.6 Å². The average Bonchev–Trinajstić information content (AvgIpc) is 2.80. The fraction of sp³-hybridized carbons (Fsp3) is 0.167. The molecule has 0 aliphatic heterocycles. The molecule has 0 amide bonds. The van der Waals surface area contributed by atoms with Gasteiger partial charge in [0.2, 0.25) is 5.88 Å². The van der Waals surface area contributed by atoms with Gasteiger partial charge in [-0.05, 0) is 31.2 Å². The van der Waals surface area contributed by atoms with Crippen LogP contribution in [0, 0.1) is 11.3 Å². The van der Waals surface area contributed by atoms with Crippen LogP contribution in [-0.2, 0) is 0 Å². The van der Waals surface area contributed by atoms with Crippen LogP contribution in [0.25, 0.3) is 5.82 Å². The molecular formula is C12H12N4O. The Morgan fingerprint density at radius 3 is 3.00 bits per heavy atom. The molecule has 86 valence electrons. The molecule has 0 fully saturated rings. The van der Waals surface area contributed by atoms with Crippen molar-refractivity contribution in [2.75, 3.05) is 12.3 Å². The summed E-state index contributed by atoms with van der Waals surface area (Å²) in [5.41, 5.74) is 6.74. The van der Waals surface area contributed by atoms with Crippen molar-refractivity contribution in [2.24, 2.45) is 0 Å². The number of anilines is 1. The molecule has 0 spiro atoms. The van der Waals surface area contributed by atoms with Gasteiger partial charge in [-0.1, -0.05) is 0 Å². The number of nitriles is 1. The largest absolute Gasteiger partial charge is 0.476 e. The second kappa shape index (κ2) is 4.58. The van der Waals surface area contributed by atoms with Gasteiger partial charge in [-0.3, -0.25) is 4.57 Å². The van der Waals surface area contributed by atoms with Crippen LogP contribution in [0.3, 0.4) is 0 Å². The molecule has 0 saturated heterocycles. The molecule has 2 N–H and O–H groups in total. The number of nitrogens with two attached hydrogens (primary N) is 1. The van der Waals surface area contributed by atoms with Crippen LogP contribution in [0.4, 0.5) is 5.69 Å². The lowest BCUT2D eigenvalue weighted by atomic mass is 10.4. The van der Waals surface area contributed by atoms with E-state index in [0.717, 1.165) is 0 Å². The van der Waals surface area contributed by atoms with E-state index in [2.05, 4.69) is 11.1 Å². The number of hydrogen-bond donors (Lipinski definition) is 1. The average molecular weight is 228 g/mol. The summed E-state index contributed by atoms with van der Waals surface area (Å²) in [6.07, 6.45) is 1.77. The molecule has 5 heteroatoms. The summed E-state index contributed by atoms with van der Waals surface area (Å²) in [7, 11) is 0. The SMILES string of the molecule is CCOc1nc(-n2cccc2C#N)ccc1N. The molecule has 0 aromatic carbocycles. The number of nitrogens with zero attached hydrogens (tertiary/aromatic N) is 3. The third-order valence-electron chi connectivity index (χ3n) is 2.27. The van der Waals surface area contributed by atoms with Crippen LogP contribution in [0.1, 0.15) is 12.6 Å². The molecule has 0 bridgehead atoms. The van der Waals surface area contributed by atoms with E-state index in [1.54, 1.807) is 35.0 Å². The molecule has 5 nitrogen and oxygen atoms in total. The Balaban J connectivity index is 2.47. The van der Waals surface area contributed by atoms with Crippen LogP contribution in [0.5, 0.6) is 5.88 Å². The van der Waals surface area contributed by atoms with Crippen molar-refractivity contribution >= 4 is 5.69 Å². The quantitative estimate of drug-likeness (QED) is 0.867. The van der Waals surface area contributed by atoms with E-state index in [9.17, 15) is 0 Å². The van der Waals surface area contributed by atoms with Gasteiger partial charge in [-0.25, -0.2) is 0 Å². The standard InChI is InChI=1S/C12H12N4O/c1-2-17-12-10(14)5-6-11(15-12)16-7-3-4-9(16)8-13/h3-7H,2,14H2,1H3. The summed E-state index contributed by atoms with van der Waals surface area (Å²) in [5, 5.41) is 8.94. The van der Waals surface area contributed by atoms with Crippen LogP contribution >= 0.6 is 0 Å². The van der Waals surface area contributed by atoms with Crippen molar-refractivity contribution in [1.29, 1.82) is 5.26 Å². The highest BCUT2D eigenvalue weighted by Gasteiger charge is 2.07. The molecule has 2 heterocycles. The second-order valence-corrected chi connectivity index (χ2v) is 3.37. The monoisotopic (exact) mass is 228 g/mol. The Morgan fingerprint density at radius 1 is 1.47 bits per heavy atom. The topological polar surface area (TPSA) is 76.9 Å². The normalized spacial score (nSPS) is 9.88. The molecular weight excluding hydrogens is 216 g/mol. The van der Waals surface area contributed by atoms with E-state index >= 15 is 0 Å². The predicted octanol–water partition coefficient (Wildman–Crippen LogP) is 1.72. The zero-order valence-corrected chi connectivity index (χ0v) is 9.42. The highest BCUT2D eigenvalue weighted by molar-refractivity contribution is 5.51. The first kappa shape index (κ1) is 11.0. The summed E-state index contributed by atoms with van der Waals surface area (Å²) in [5.74, 6) is 1.01. The Kier molecular flexibility index (Phi) is 2.97. The molecule has 2 aromatic heterocycles. The fourth-order valence-electron chi connectivity index (χ4n) is 1.50. The van der Waals surface area contributed by atoms with Crippen LogP contribution in [0.2, 0.25) is 0 Å². The number of aromatic nitrogens is 2. The Bertz CT molecular complexity index is 568. The van der Waals surface area contributed by atoms with Crippen molar-refractivity contribution in [3.05, 3.63) is 36.2 Å². The Morgan fingerprint density at radius 2 is 2.29 bits per heavy atom. The van der Waals surface area contributed by atoms with Crippen molar-refractivity contribution in [3.63, 3.8) is 0 Å². The third-order valence-corrected chi connectivity index (χ3v) is 2.27. The zero-order valence-electron chi connectivity index (χ0n) is 9.42. The van der Waals surface area contributed by atoms with Crippen molar-refractivity contribution in [1.82, 2.24) is 9.55 Å². The minimum atomic E-state index is 0.391. The van der Waals surface area contributed by atoms with Gasteiger partial charge in [0.25, 0.3) is 0 Å². The number of ether oxygens (including phenoxy) is 1. The number of pyridine rings is 1. The summed E-state index contributed by atoms with van der Waals surface area (Å²) in [4.78, 5) is 4.28. The van der Waals surface area contributed by atoms with Crippen LogP contribution in [0.15, 0.2) is 30.5 Å². The molecule has 0 radical (unpaired) electrons. The first-order valence-corrected chi connectivity index (χ1v) is 5.23. The number of hydrogen-bond acceptors (Lipinski definition) is 4. The predicted molar refractivity (Wildman–Crippen MR) is 63.9 cm³/mol. The van der Waals surface area contributed by atoms with E-state index in [1.807, 2.05) is 6.92 Å². The summed E-state index contributed by atoms with van der Waals surface area (Å²) in [6, 6.07) is 9.07. The molecule has 2 rings (SSSR count). The minimum absolute atomic E-state index is 0.391. The maximum Gasteiger partial charge on any atom is 0.239 e. The Labute approximate surface area is 99.1 Å². The van der Waals surface area contributed by atoms with E-state index in [1.165, 1.54) is 0 Å². The van der Waals surface area contributed by atoms with E-state index < -0.39 is 0 Å². The smallest absolute Gasteiger partial charge is 0.239 e. The lowest BCUT2D eigenvalue weighted by Crippen LogP contribution is -2.04. The molecule has 0 aliphatic carbocycles. The fourth-order valence-corrected chi connectivity index (χ4v) is 1.50. The van der Waals surface area contributed by atoms with E-state index in [4.69, 9.17) is 15.7 Å². The van der Waals surface area contributed by atoms with Gasteiger partial charge in [0.05, 0.1) is 12.3 Å². The van der Waals surface area contributed by atoms with Gasteiger partial charge >= 0.3 is 0 Å². The highest BCUT2D eigenvalue weighted by Crippen LogP contribution is 2.21. The van der Waals surface area contributed by atoms with E-state index in [0.29, 0.717) is 29.7 Å². The van der Waals surface area contributed by atoms with Gasteiger partial charge in [0, 0.05) is 6.20 Å². The highest BCUT2D eigenvalue weighted by atomic mass is 16.5. The zero-order chi connectivity index (χ0) is 12.3. The van der Waals surface area contributed by atoms with Crippen molar-refractivity contribution < 1.29 is 4.74 Å². The number of rotatable bonds is 3. The number of nitrogen functional groups attached to an aromatic ring is 1. The summed E-state index contributed by atoms with van der Waals surface area (Å²) >= 11 is 0. The lowest BCUT2D eigenvalue weighted by molar-refractivity contribution is 0.328. The van der Waals surface area contributed by atoms with Gasteiger partial charge in [-0.15, -0.1) is 0 Å².